The van der Waals surface area contributed by atoms with Crippen LogP contribution in [0, 0.1) is 6.92 Å². The number of Topliss-reactive ketones (excluding diaryl/α,β-unsaturated/α-hetero) is 1. The Morgan fingerprint density at radius 2 is 2.15 bits per heavy atom. The Hall–Kier alpha value is -2.34. The Morgan fingerprint density at radius 3 is 2.69 bits per heavy atom. The molecule has 11 heteroatoms. The lowest BCUT2D eigenvalue weighted by Gasteiger charge is -2.31. The Kier molecular flexibility index (Phi) is 5.76. The lowest BCUT2D eigenvalue weighted by Crippen LogP contribution is -2.55. The van der Waals surface area contributed by atoms with Gasteiger partial charge in [0.05, 0.1) is 18.8 Å². The van der Waals surface area contributed by atoms with Gasteiger partial charge >= 0.3 is 11.7 Å². The molecular formula is C15H21N3O8. The first-order chi connectivity index (χ1) is 12.1. The first-order valence-corrected chi connectivity index (χ1v) is 7.94. The van der Waals surface area contributed by atoms with E-state index in [9.17, 15) is 29.4 Å². The number of hydrogen-bond acceptors (Lipinski definition) is 8. The van der Waals surface area contributed by atoms with E-state index in [1.807, 2.05) is 4.98 Å². The predicted molar refractivity (Wildman–Crippen MR) is 86.5 cm³/mol. The van der Waals surface area contributed by atoms with Crippen molar-refractivity contribution in [1.29, 1.82) is 0 Å². The molecule has 26 heavy (non-hydrogen) atoms. The van der Waals surface area contributed by atoms with Gasteiger partial charge in [0, 0.05) is 24.6 Å². The van der Waals surface area contributed by atoms with Crippen LogP contribution in [0.1, 0.15) is 24.8 Å². The second-order valence-electron chi connectivity index (χ2n) is 6.24. The number of ether oxygens (including phenoxy) is 1. The zero-order valence-electron chi connectivity index (χ0n) is 14.0. The van der Waals surface area contributed by atoms with E-state index in [-0.39, 0.29) is 24.8 Å². The van der Waals surface area contributed by atoms with Crippen LogP contribution in [0.5, 0.6) is 0 Å². The van der Waals surface area contributed by atoms with Crippen LogP contribution in [-0.4, -0.2) is 61.5 Å². The number of nitrogens with zero attached hydrogens (tertiary/aromatic N) is 1. The highest BCUT2D eigenvalue weighted by molar-refractivity contribution is 5.90. The summed E-state index contributed by atoms with van der Waals surface area (Å²) in [6.45, 7) is 0.795. The van der Waals surface area contributed by atoms with Crippen LogP contribution in [-0.2, 0) is 20.1 Å². The second kappa shape index (κ2) is 7.50. The summed E-state index contributed by atoms with van der Waals surface area (Å²) in [5.74, 6) is -1.98. The summed E-state index contributed by atoms with van der Waals surface area (Å²) >= 11 is 0. The number of H-pyrrole nitrogens is 1. The summed E-state index contributed by atoms with van der Waals surface area (Å²) < 4.78 is 6.35. The van der Waals surface area contributed by atoms with Gasteiger partial charge in [0.1, 0.15) is 6.10 Å². The van der Waals surface area contributed by atoms with E-state index in [1.165, 1.54) is 6.92 Å². The number of nitrogens with two attached hydrogens (primary N) is 1. The number of aromatic nitrogens is 2. The van der Waals surface area contributed by atoms with Crippen molar-refractivity contribution in [1.82, 2.24) is 9.55 Å². The number of rotatable bonds is 7. The fraction of sp³-hybridized carbons (Fsp3) is 0.600. The number of aliphatic hydroxyl groups is 2. The topological polar surface area (TPSA) is 185 Å². The van der Waals surface area contributed by atoms with Gasteiger partial charge < -0.3 is 25.8 Å². The molecule has 0 aromatic carbocycles. The number of carbonyl (C=O) groups excluding carboxylic acids is 1. The van der Waals surface area contributed by atoms with Crippen LogP contribution >= 0.6 is 0 Å². The third-order valence-electron chi connectivity index (χ3n) is 4.34. The molecule has 1 unspecified atom stereocenters. The first-order valence-electron chi connectivity index (χ1n) is 7.94. The van der Waals surface area contributed by atoms with E-state index in [0.29, 0.717) is 0 Å². The molecule has 0 amide bonds. The van der Waals surface area contributed by atoms with Crippen molar-refractivity contribution in [2.45, 2.75) is 50.2 Å². The first kappa shape index (κ1) is 20.0. The number of nitrogens with one attached hydrogen (secondary N) is 1. The predicted octanol–water partition coefficient (Wildman–Crippen LogP) is -2.60. The average Bonchev–Trinajstić information content (AvgIpc) is 2.92. The van der Waals surface area contributed by atoms with Gasteiger partial charge in [0.15, 0.2) is 0 Å². The van der Waals surface area contributed by atoms with Gasteiger partial charge in [-0.25, -0.2) is 4.79 Å². The molecule has 1 aliphatic heterocycles. The van der Waals surface area contributed by atoms with Gasteiger partial charge in [-0.15, -0.1) is 0 Å². The number of carboxylic acid groups (broad SMARTS) is 1. The van der Waals surface area contributed by atoms with Gasteiger partial charge in [0.25, 0.3) is 5.56 Å². The molecule has 1 aromatic rings. The molecule has 0 aliphatic carbocycles. The summed E-state index contributed by atoms with van der Waals surface area (Å²) in [5, 5.41) is 28.2. The van der Waals surface area contributed by atoms with Gasteiger partial charge in [-0.05, 0) is 13.3 Å². The van der Waals surface area contributed by atoms with Gasteiger partial charge in [-0.3, -0.25) is 23.9 Å². The summed E-state index contributed by atoms with van der Waals surface area (Å²) in [6, 6.07) is -1.30. The number of aryl methyl sites for hydroxylation is 1. The summed E-state index contributed by atoms with van der Waals surface area (Å²) in [4.78, 5) is 49.6. The summed E-state index contributed by atoms with van der Waals surface area (Å²) in [5.41, 5.74) is 2.24. The number of carboxylic acids is 1. The maximum Gasteiger partial charge on any atom is 0.331 e. The molecule has 1 fully saturated rings. The highest BCUT2D eigenvalue weighted by Crippen LogP contribution is 2.36. The summed E-state index contributed by atoms with van der Waals surface area (Å²) in [6.07, 6.45) is -2.29. The van der Waals surface area contributed by atoms with Crippen LogP contribution in [0.3, 0.4) is 0 Å². The fourth-order valence-corrected chi connectivity index (χ4v) is 2.92. The second-order valence-corrected chi connectivity index (χ2v) is 6.24. The molecule has 2 rings (SSSR count). The average molecular weight is 371 g/mol. The standard InChI is InChI=1S/C15H21N3O8/c1-7-5-18(14(25)17-13(7)24)15(4-9(20)10(6-19)26-15)12(23)8(16)2-3-11(21)22/h5,8-10,19-20H,2-4,6,16H2,1H3,(H,21,22)(H,17,24,25)/t8?,9-,10+,15-/m0/s1. The number of aliphatic carboxylic acids is 1. The van der Waals surface area contributed by atoms with E-state index in [4.69, 9.17) is 15.6 Å². The van der Waals surface area contributed by atoms with Crippen LogP contribution in [0.4, 0.5) is 0 Å². The molecule has 4 atom stereocenters. The van der Waals surface area contributed by atoms with Crippen molar-refractivity contribution < 1.29 is 29.6 Å². The van der Waals surface area contributed by atoms with Crippen LogP contribution in [0.2, 0.25) is 0 Å². The van der Waals surface area contributed by atoms with E-state index in [1.54, 1.807) is 0 Å². The molecule has 144 valence electrons. The van der Waals surface area contributed by atoms with Gasteiger partial charge in [-0.2, -0.15) is 0 Å². The van der Waals surface area contributed by atoms with Crippen molar-refractivity contribution in [3.63, 3.8) is 0 Å². The number of aliphatic hydroxyl groups excluding tert-OH is 2. The maximum atomic E-state index is 12.9. The SMILES string of the molecule is Cc1cn([C@@]2(C(=O)C(N)CCC(=O)O)C[C@H](O)[C@@H](CO)O2)c(=O)[nH]c1=O. The Balaban J connectivity index is 2.53. The zero-order chi connectivity index (χ0) is 19.6. The summed E-state index contributed by atoms with van der Waals surface area (Å²) in [7, 11) is 0. The maximum absolute atomic E-state index is 12.9. The quantitative estimate of drug-likeness (QED) is 0.343. The zero-order valence-corrected chi connectivity index (χ0v) is 14.0. The van der Waals surface area contributed by atoms with E-state index < -0.39 is 53.6 Å². The largest absolute Gasteiger partial charge is 0.481 e. The number of hydrogen-bond donors (Lipinski definition) is 5. The van der Waals surface area contributed by atoms with Crippen molar-refractivity contribution >= 4 is 11.8 Å². The van der Waals surface area contributed by atoms with Crippen LogP contribution in [0.15, 0.2) is 15.8 Å². The minimum atomic E-state index is -2.06. The van der Waals surface area contributed by atoms with Crippen molar-refractivity contribution in [3.05, 3.63) is 32.6 Å². The minimum absolute atomic E-state index is 0.112. The third-order valence-corrected chi connectivity index (χ3v) is 4.34. The monoisotopic (exact) mass is 371 g/mol. The van der Waals surface area contributed by atoms with Crippen molar-refractivity contribution in [3.8, 4) is 0 Å². The van der Waals surface area contributed by atoms with Crippen LogP contribution < -0.4 is 17.0 Å². The lowest BCUT2D eigenvalue weighted by atomic mass is 9.94. The molecule has 2 heterocycles. The number of ketones is 1. The Bertz CT molecular complexity index is 816. The molecule has 1 aliphatic rings. The molecule has 0 radical (unpaired) electrons. The van der Waals surface area contributed by atoms with Gasteiger partial charge in [-0.1, -0.05) is 0 Å². The molecule has 0 spiro atoms. The van der Waals surface area contributed by atoms with Gasteiger partial charge in [0.2, 0.25) is 11.5 Å². The molecule has 11 nitrogen and oxygen atoms in total. The number of aromatic amines is 1. The molecule has 0 bridgehead atoms. The highest BCUT2D eigenvalue weighted by Gasteiger charge is 2.54. The minimum Gasteiger partial charge on any atom is -0.481 e. The molecule has 1 saturated heterocycles. The molecule has 6 N–H and O–H groups in total. The smallest absolute Gasteiger partial charge is 0.331 e. The van der Waals surface area contributed by atoms with E-state index in [0.717, 1.165) is 10.8 Å². The Morgan fingerprint density at radius 1 is 1.50 bits per heavy atom. The van der Waals surface area contributed by atoms with Crippen molar-refractivity contribution in [2.24, 2.45) is 5.73 Å². The normalized spacial score (nSPS) is 26.6. The van der Waals surface area contributed by atoms with E-state index in [2.05, 4.69) is 0 Å². The lowest BCUT2D eigenvalue weighted by molar-refractivity contribution is -0.164. The Labute approximate surface area is 147 Å². The molecule has 1 aromatic heterocycles. The van der Waals surface area contributed by atoms with Crippen LogP contribution in [0.25, 0.3) is 0 Å². The highest BCUT2D eigenvalue weighted by atomic mass is 16.6. The number of carbonyl (C=O) groups is 2. The molecule has 0 saturated carbocycles. The van der Waals surface area contributed by atoms with E-state index >= 15 is 0 Å². The third kappa shape index (κ3) is 3.60. The van der Waals surface area contributed by atoms with Crippen molar-refractivity contribution in [2.75, 3.05) is 6.61 Å². The molecular weight excluding hydrogens is 350 g/mol. The fourth-order valence-electron chi connectivity index (χ4n) is 2.92.